The Kier molecular flexibility index (Phi) is 4.13. The van der Waals surface area contributed by atoms with Crippen LogP contribution in [0, 0.1) is 5.92 Å². The second kappa shape index (κ2) is 6.41. The summed E-state index contributed by atoms with van der Waals surface area (Å²) in [6.07, 6.45) is 6.13. The zero-order chi connectivity index (χ0) is 15.6. The third-order valence-electron chi connectivity index (χ3n) is 4.86. The summed E-state index contributed by atoms with van der Waals surface area (Å²) in [5, 5.41) is 0. The maximum atomic E-state index is 5.44. The van der Waals surface area contributed by atoms with Gasteiger partial charge in [0.1, 0.15) is 5.52 Å². The van der Waals surface area contributed by atoms with Gasteiger partial charge in [0, 0.05) is 39.8 Å². The summed E-state index contributed by atoms with van der Waals surface area (Å²) in [6.45, 7) is 7.12. The number of aromatic nitrogens is 4. The Morgan fingerprint density at radius 3 is 2.96 bits per heavy atom. The molecule has 0 amide bonds. The first-order chi connectivity index (χ1) is 11.3. The standard InChI is InChI=1S/C16H24N6O/c1-20-12-18-14-9-17-16(19-15(14)20)22-4-2-3-13(11-22)10-21-5-7-23-8-6-21/h9,12-13H,2-8,10-11H2,1H3. The molecule has 1 unspecified atom stereocenters. The van der Waals surface area contributed by atoms with Crippen LogP contribution in [0.2, 0.25) is 0 Å². The third kappa shape index (κ3) is 3.16. The minimum Gasteiger partial charge on any atom is -0.379 e. The summed E-state index contributed by atoms with van der Waals surface area (Å²) < 4.78 is 7.40. The van der Waals surface area contributed by atoms with Crippen molar-refractivity contribution in [3.05, 3.63) is 12.5 Å². The van der Waals surface area contributed by atoms with E-state index in [1.807, 2.05) is 17.8 Å². The van der Waals surface area contributed by atoms with Crippen molar-refractivity contribution in [1.29, 1.82) is 0 Å². The van der Waals surface area contributed by atoms with E-state index in [1.54, 1.807) is 6.33 Å². The fraction of sp³-hybridized carbons (Fsp3) is 0.688. The molecule has 2 fully saturated rings. The van der Waals surface area contributed by atoms with Crippen LogP contribution in [0.3, 0.4) is 0 Å². The van der Waals surface area contributed by atoms with E-state index in [0.717, 1.165) is 63.0 Å². The molecule has 2 aliphatic rings. The predicted octanol–water partition coefficient (Wildman–Crippen LogP) is 0.912. The predicted molar refractivity (Wildman–Crippen MR) is 88.5 cm³/mol. The van der Waals surface area contributed by atoms with Gasteiger partial charge >= 0.3 is 0 Å². The van der Waals surface area contributed by atoms with Gasteiger partial charge in [-0.25, -0.2) is 9.97 Å². The van der Waals surface area contributed by atoms with Crippen LogP contribution in [0.4, 0.5) is 5.95 Å². The van der Waals surface area contributed by atoms with E-state index >= 15 is 0 Å². The van der Waals surface area contributed by atoms with E-state index in [0.29, 0.717) is 5.92 Å². The number of fused-ring (bicyclic) bond motifs is 1. The highest BCUT2D eigenvalue weighted by Crippen LogP contribution is 2.22. The first-order valence-electron chi connectivity index (χ1n) is 8.49. The molecule has 0 bridgehead atoms. The molecule has 4 rings (SSSR count). The van der Waals surface area contributed by atoms with E-state index in [4.69, 9.17) is 9.72 Å². The van der Waals surface area contributed by atoms with Crippen molar-refractivity contribution in [3.63, 3.8) is 0 Å². The molecule has 4 heterocycles. The summed E-state index contributed by atoms with van der Waals surface area (Å²) >= 11 is 0. The number of rotatable bonds is 3. The Morgan fingerprint density at radius 1 is 1.22 bits per heavy atom. The largest absolute Gasteiger partial charge is 0.379 e. The van der Waals surface area contributed by atoms with Crippen molar-refractivity contribution >= 4 is 17.1 Å². The van der Waals surface area contributed by atoms with Gasteiger partial charge in [0.2, 0.25) is 5.95 Å². The number of anilines is 1. The van der Waals surface area contributed by atoms with Crippen molar-refractivity contribution < 1.29 is 4.74 Å². The molecule has 7 heteroatoms. The molecular weight excluding hydrogens is 292 g/mol. The summed E-state index contributed by atoms with van der Waals surface area (Å²) in [5.74, 6) is 1.53. The van der Waals surface area contributed by atoms with Gasteiger partial charge in [-0.1, -0.05) is 0 Å². The average Bonchev–Trinajstić information content (AvgIpc) is 2.97. The van der Waals surface area contributed by atoms with Gasteiger partial charge in [-0.05, 0) is 18.8 Å². The molecule has 2 aromatic heterocycles. The average molecular weight is 316 g/mol. The first-order valence-corrected chi connectivity index (χ1v) is 8.49. The Labute approximate surface area is 136 Å². The molecule has 0 N–H and O–H groups in total. The van der Waals surface area contributed by atoms with Gasteiger partial charge in [-0.3, -0.25) is 4.90 Å². The van der Waals surface area contributed by atoms with Gasteiger partial charge in [0.15, 0.2) is 5.65 Å². The zero-order valence-corrected chi connectivity index (χ0v) is 13.7. The van der Waals surface area contributed by atoms with E-state index in [1.165, 1.54) is 12.8 Å². The molecule has 2 saturated heterocycles. The van der Waals surface area contributed by atoms with Crippen molar-refractivity contribution in [3.8, 4) is 0 Å². The number of piperidine rings is 1. The molecule has 2 aliphatic heterocycles. The summed E-state index contributed by atoms with van der Waals surface area (Å²) in [5.41, 5.74) is 1.77. The molecule has 0 spiro atoms. The highest BCUT2D eigenvalue weighted by molar-refractivity contribution is 5.70. The van der Waals surface area contributed by atoms with Crippen LogP contribution in [0.25, 0.3) is 11.2 Å². The summed E-state index contributed by atoms with van der Waals surface area (Å²) in [4.78, 5) is 18.4. The highest BCUT2D eigenvalue weighted by atomic mass is 16.5. The van der Waals surface area contributed by atoms with Crippen LogP contribution in [0.5, 0.6) is 0 Å². The van der Waals surface area contributed by atoms with Crippen molar-refractivity contribution in [2.24, 2.45) is 13.0 Å². The lowest BCUT2D eigenvalue weighted by Gasteiger charge is -2.36. The van der Waals surface area contributed by atoms with E-state index in [2.05, 4.69) is 19.8 Å². The highest BCUT2D eigenvalue weighted by Gasteiger charge is 2.24. The first kappa shape index (κ1) is 14.8. The van der Waals surface area contributed by atoms with Crippen LogP contribution >= 0.6 is 0 Å². The van der Waals surface area contributed by atoms with Gasteiger partial charge < -0.3 is 14.2 Å². The van der Waals surface area contributed by atoms with Gasteiger partial charge in [-0.15, -0.1) is 0 Å². The summed E-state index contributed by atoms with van der Waals surface area (Å²) in [6, 6.07) is 0. The van der Waals surface area contributed by atoms with Crippen LogP contribution in [-0.4, -0.2) is 70.4 Å². The van der Waals surface area contributed by atoms with Crippen molar-refractivity contribution in [1.82, 2.24) is 24.4 Å². The topological polar surface area (TPSA) is 59.3 Å². The fourth-order valence-corrected chi connectivity index (χ4v) is 3.61. The number of hydrogen-bond donors (Lipinski definition) is 0. The van der Waals surface area contributed by atoms with Crippen molar-refractivity contribution in [2.75, 3.05) is 50.8 Å². The number of nitrogens with zero attached hydrogens (tertiary/aromatic N) is 6. The molecule has 0 aliphatic carbocycles. The van der Waals surface area contributed by atoms with Crippen LogP contribution in [-0.2, 0) is 11.8 Å². The number of ether oxygens (including phenoxy) is 1. The van der Waals surface area contributed by atoms with Crippen LogP contribution in [0.1, 0.15) is 12.8 Å². The van der Waals surface area contributed by atoms with Gasteiger partial charge in [0.05, 0.1) is 25.7 Å². The number of imidazole rings is 1. The second-order valence-corrected chi connectivity index (χ2v) is 6.60. The molecule has 0 aromatic carbocycles. The number of morpholine rings is 1. The summed E-state index contributed by atoms with van der Waals surface area (Å²) in [7, 11) is 1.98. The Hall–Kier alpha value is -1.73. The molecule has 7 nitrogen and oxygen atoms in total. The maximum Gasteiger partial charge on any atom is 0.227 e. The Balaban J connectivity index is 1.46. The minimum atomic E-state index is 0.688. The number of aryl methyl sites for hydroxylation is 1. The SMILES string of the molecule is Cn1cnc2cnc(N3CCCC(CN4CCOCC4)C3)nc21. The second-order valence-electron chi connectivity index (χ2n) is 6.60. The van der Waals surface area contributed by atoms with Crippen LogP contribution in [0.15, 0.2) is 12.5 Å². The van der Waals surface area contributed by atoms with E-state index in [-0.39, 0.29) is 0 Å². The third-order valence-corrected chi connectivity index (χ3v) is 4.86. The molecule has 23 heavy (non-hydrogen) atoms. The molecule has 2 aromatic rings. The molecule has 0 saturated carbocycles. The Morgan fingerprint density at radius 2 is 2.09 bits per heavy atom. The van der Waals surface area contributed by atoms with E-state index < -0.39 is 0 Å². The van der Waals surface area contributed by atoms with Crippen LogP contribution < -0.4 is 4.90 Å². The monoisotopic (exact) mass is 316 g/mol. The minimum absolute atomic E-state index is 0.688. The molecule has 0 radical (unpaired) electrons. The molecular formula is C16H24N6O. The maximum absolute atomic E-state index is 5.44. The van der Waals surface area contributed by atoms with Gasteiger partial charge in [-0.2, -0.15) is 4.98 Å². The normalized spacial score (nSPS) is 23.5. The lowest BCUT2D eigenvalue weighted by molar-refractivity contribution is 0.0296. The lowest BCUT2D eigenvalue weighted by Crippen LogP contribution is -2.45. The Bertz CT molecular complexity index is 666. The van der Waals surface area contributed by atoms with Gasteiger partial charge in [0.25, 0.3) is 0 Å². The quantitative estimate of drug-likeness (QED) is 0.839. The zero-order valence-electron chi connectivity index (χ0n) is 13.7. The number of hydrogen-bond acceptors (Lipinski definition) is 6. The van der Waals surface area contributed by atoms with Crippen molar-refractivity contribution in [2.45, 2.75) is 12.8 Å². The smallest absolute Gasteiger partial charge is 0.227 e. The molecule has 1 atom stereocenters. The molecule has 124 valence electrons. The van der Waals surface area contributed by atoms with E-state index in [9.17, 15) is 0 Å². The fourth-order valence-electron chi connectivity index (χ4n) is 3.61. The lowest BCUT2D eigenvalue weighted by atomic mass is 9.97.